The Morgan fingerprint density at radius 1 is 1.62 bits per heavy atom. The molecule has 0 radical (unpaired) electrons. The van der Waals surface area contributed by atoms with E-state index in [1.165, 1.54) is 13.0 Å². The minimum Gasteiger partial charge on any atom is -0.206 e. The molecule has 0 aliphatic heterocycles. The van der Waals surface area contributed by atoms with E-state index in [2.05, 4.69) is 0 Å². The van der Waals surface area contributed by atoms with Crippen molar-refractivity contribution in [3.8, 4) is 6.07 Å². The third-order valence-corrected chi connectivity index (χ3v) is 0.954. The lowest BCUT2D eigenvalue weighted by Crippen LogP contribution is -2.19. The predicted molar refractivity (Wildman–Crippen MR) is 25.4 cm³/mol. The van der Waals surface area contributed by atoms with Crippen molar-refractivity contribution < 1.29 is 8.78 Å². The summed E-state index contributed by atoms with van der Waals surface area (Å²) in [5.74, 6) is -4.03. The maximum Gasteiger partial charge on any atom is 0.260 e. The molecule has 0 amide bonds. The van der Waals surface area contributed by atoms with Crippen molar-refractivity contribution in [2.45, 2.75) is 19.8 Å². The number of nitrogens with zero attached hydrogens (tertiary/aromatic N) is 1. The molecule has 1 unspecified atom stereocenters. The molecule has 0 spiro atoms. The van der Waals surface area contributed by atoms with Gasteiger partial charge in [-0.25, -0.2) is 8.78 Å². The first kappa shape index (κ1) is 7.35. The first-order valence-electron chi connectivity index (χ1n) is 2.26. The Hall–Kier alpha value is -0.650. The number of alkyl halides is 2. The van der Waals surface area contributed by atoms with Crippen LogP contribution in [0.4, 0.5) is 8.78 Å². The molecule has 3 heteroatoms. The Labute approximate surface area is 46.9 Å². The summed E-state index contributed by atoms with van der Waals surface area (Å²) >= 11 is 0. The molecule has 0 aliphatic carbocycles. The molecule has 0 aromatic rings. The summed E-state index contributed by atoms with van der Waals surface area (Å²) in [4.78, 5) is 0. The molecule has 1 nitrogen and oxygen atoms in total. The summed E-state index contributed by atoms with van der Waals surface area (Å²) in [6.07, 6.45) is 0. The number of hydrogen-bond acceptors (Lipinski definition) is 1. The van der Waals surface area contributed by atoms with Crippen LogP contribution in [0, 0.1) is 17.2 Å². The highest BCUT2D eigenvalue weighted by Gasteiger charge is 2.29. The minimum absolute atomic E-state index is 0.737. The fraction of sp³-hybridized carbons (Fsp3) is 0.800. The normalized spacial score (nSPS) is 14.9. The molecule has 8 heavy (non-hydrogen) atoms. The minimum atomic E-state index is -2.85. The molecule has 0 aromatic heterocycles. The maximum absolute atomic E-state index is 11.9. The lowest BCUT2D eigenvalue weighted by molar-refractivity contribution is -0.0114. The second kappa shape index (κ2) is 2.08. The smallest absolute Gasteiger partial charge is 0.206 e. The van der Waals surface area contributed by atoms with Crippen LogP contribution in [0.3, 0.4) is 0 Å². The number of nitriles is 1. The molecule has 0 aliphatic rings. The van der Waals surface area contributed by atoms with Crippen molar-refractivity contribution in [2.24, 2.45) is 5.92 Å². The molecule has 0 saturated carbocycles. The summed E-state index contributed by atoms with van der Waals surface area (Å²) in [6.45, 7) is 1.93. The lowest BCUT2D eigenvalue weighted by Gasteiger charge is -2.10. The number of halogens is 2. The SMILES string of the molecule is CC(C#N)C(C)(F)F. The first-order chi connectivity index (χ1) is 3.48. The van der Waals surface area contributed by atoms with Crippen molar-refractivity contribution in [1.29, 1.82) is 5.26 Å². The van der Waals surface area contributed by atoms with Crippen LogP contribution >= 0.6 is 0 Å². The van der Waals surface area contributed by atoms with Crippen molar-refractivity contribution in [1.82, 2.24) is 0 Å². The fourth-order valence-corrected chi connectivity index (χ4v) is 0.113. The van der Waals surface area contributed by atoms with E-state index in [0.29, 0.717) is 0 Å². The molecule has 0 aromatic carbocycles. The van der Waals surface area contributed by atoms with E-state index in [-0.39, 0.29) is 0 Å². The molecular weight excluding hydrogens is 112 g/mol. The standard InChI is InChI=1S/C5H7F2N/c1-4(3-8)5(2,6)7/h4H,1-2H3. The molecule has 0 bridgehead atoms. The molecule has 0 fully saturated rings. The first-order valence-corrected chi connectivity index (χ1v) is 2.26. The van der Waals surface area contributed by atoms with Crippen molar-refractivity contribution >= 4 is 0 Å². The van der Waals surface area contributed by atoms with Crippen molar-refractivity contribution in [3.05, 3.63) is 0 Å². The second-order valence-corrected chi connectivity index (χ2v) is 1.81. The van der Waals surface area contributed by atoms with Gasteiger partial charge in [0.05, 0.1) is 6.07 Å². The van der Waals surface area contributed by atoms with Gasteiger partial charge in [-0.1, -0.05) is 0 Å². The Balaban J connectivity index is 3.87. The van der Waals surface area contributed by atoms with Gasteiger partial charge in [-0.3, -0.25) is 0 Å². The van der Waals surface area contributed by atoms with Gasteiger partial charge in [0.25, 0.3) is 5.92 Å². The topological polar surface area (TPSA) is 23.8 Å². The summed E-state index contributed by atoms with van der Waals surface area (Å²) in [7, 11) is 0. The van der Waals surface area contributed by atoms with Gasteiger partial charge in [0.2, 0.25) is 0 Å². The third-order valence-electron chi connectivity index (χ3n) is 0.954. The third kappa shape index (κ3) is 1.87. The molecule has 0 rings (SSSR count). The largest absolute Gasteiger partial charge is 0.260 e. The van der Waals surface area contributed by atoms with Gasteiger partial charge in [-0.15, -0.1) is 0 Å². The van der Waals surface area contributed by atoms with Gasteiger partial charge in [-0.2, -0.15) is 5.26 Å². The van der Waals surface area contributed by atoms with E-state index in [1.807, 2.05) is 0 Å². The average molecular weight is 119 g/mol. The zero-order chi connectivity index (χ0) is 6.78. The molecule has 0 heterocycles. The zero-order valence-corrected chi connectivity index (χ0v) is 4.78. The monoisotopic (exact) mass is 119 g/mol. The molecule has 0 saturated heterocycles. The van der Waals surface area contributed by atoms with Gasteiger partial charge >= 0.3 is 0 Å². The van der Waals surface area contributed by atoms with Gasteiger partial charge < -0.3 is 0 Å². The Bertz CT molecular complexity index is 109. The maximum atomic E-state index is 11.9. The summed E-state index contributed by atoms with van der Waals surface area (Å²) in [6, 6.07) is 1.45. The quantitative estimate of drug-likeness (QED) is 0.516. The van der Waals surface area contributed by atoms with Gasteiger partial charge in [0.1, 0.15) is 5.92 Å². The van der Waals surface area contributed by atoms with Crippen LogP contribution in [0.25, 0.3) is 0 Å². The predicted octanol–water partition coefficient (Wildman–Crippen LogP) is 1.80. The van der Waals surface area contributed by atoms with Gasteiger partial charge in [0.15, 0.2) is 0 Å². The van der Waals surface area contributed by atoms with Crippen molar-refractivity contribution in [3.63, 3.8) is 0 Å². The highest BCUT2D eigenvalue weighted by molar-refractivity contribution is 4.86. The average Bonchev–Trinajstić information content (AvgIpc) is 1.62. The summed E-state index contributed by atoms with van der Waals surface area (Å²) in [5, 5.41) is 7.94. The van der Waals surface area contributed by atoms with Gasteiger partial charge in [0, 0.05) is 6.92 Å². The Morgan fingerprint density at radius 3 is 2.00 bits per heavy atom. The van der Waals surface area contributed by atoms with Crippen LogP contribution in [-0.4, -0.2) is 5.92 Å². The summed E-state index contributed by atoms with van der Waals surface area (Å²) in [5.41, 5.74) is 0. The Kier molecular flexibility index (Phi) is 1.91. The zero-order valence-electron chi connectivity index (χ0n) is 4.78. The van der Waals surface area contributed by atoms with Crippen LogP contribution in [0.5, 0.6) is 0 Å². The van der Waals surface area contributed by atoms with E-state index in [9.17, 15) is 8.78 Å². The van der Waals surface area contributed by atoms with E-state index >= 15 is 0 Å². The number of rotatable bonds is 1. The van der Waals surface area contributed by atoms with E-state index in [4.69, 9.17) is 5.26 Å². The molecule has 1 atom stereocenters. The van der Waals surface area contributed by atoms with Crippen molar-refractivity contribution in [2.75, 3.05) is 0 Å². The van der Waals surface area contributed by atoms with Crippen LogP contribution < -0.4 is 0 Å². The lowest BCUT2D eigenvalue weighted by atomic mass is 10.1. The molecule has 0 N–H and O–H groups in total. The van der Waals surface area contributed by atoms with E-state index in [1.54, 1.807) is 0 Å². The molecular formula is C5H7F2N. The second-order valence-electron chi connectivity index (χ2n) is 1.81. The van der Waals surface area contributed by atoms with Crippen LogP contribution in [0.2, 0.25) is 0 Å². The number of hydrogen-bond donors (Lipinski definition) is 0. The van der Waals surface area contributed by atoms with E-state index < -0.39 is 11.8 Å². The van der Waals surface area contributed by atoms with Crippen LogP contribution in [-0.2, 0) is 0 Å². The highest BCUT2D eigenvalue weighted by Crippen LogP contribution is 2.21. The molecule has 46 valence electrons. The van der Waals surface area contributed by atoms with E-state index in [0.717, 1.165) is 6.92 Å². The van der Waals surface area contributed by atoms with Crippen LogP contribution in [0.1, 0.15) is 13.8 Å². The van der Waals surface area contributed by atoms with Crippen LogP contribution in [0.15, 0.2) is 0 Å². The highest BCUT2D eigenvalue weighted by atomic mass is 19.3. The van der Waals surface area contributed by atoms with Gasteiger partial charge in [-0.05, 0) is 6.92 Å². The fourth-order valence-electron chi connectivity index (χ4n) is 0.113. The summed E-state index contributed by atoms with van der Waals surface area (Å²) < 4.78 is 23.8. The Morgan fingerprint density at radius 2 is 2.00 bits per heavy atom.